The number of aromatic nitrogens is 1. The molecule has 29 heavy (non-hydrogen) atoms. The van der Waals surface area contributed by atoms with E-state index in [1.807, 2.05) is 12.1 Å². The first-order valence-electron chi connectivity index (χ1n) is 8.91. The van der Waals surface area contributed by atoms with Crippen LogP contribution in [-0.4, -0.2) is 17.6 Å². The molecule has 0 aliphatic heterocycles. The summed E-state index contributed by atoms with van der Waals surface area (Å²) >= 11 is 0. The third-order valence-corrected chi connectivity index (χ3v) is 4.37. The number of pyridine rings is 1. The molecule has 5 nitrogen and oxygen atoms in total. The Morgan fingerprint density at radius 3 is 2.34 bits per heavy atom. The lowest BCUT2D eigenvalue weighted by atomic mass is 10.1. The van der Waals surface area contributed by atoms with E-state index in [1.165, 1.54) is 19.2 Å². The molecule has 3 aromatic rings. The second kappa shape index (κ2) is 9.14. The van der Waals surface area contributed by atoms with Crippen LogP contribution in [0.15, 0.2) is 65.6 Å². The molecule has 0 unspecified atom stereocenters. The zero-order valence-electron chi connectivity index (χ0n) is 15.7. The van der Waals surface area contributed by atoms with E-state index < -0.39 is 17.6 Å². The van der Waals surface area contributed by atoms with Crippen LogP contribution in [0.1, 0.15) is 21.5 Å². The molecule has 2 aromatic carbocycles. The highest BCUT2D eigenvalue weighted by atomic mass is 19.2. The van der Waals surface area contributed by atoms with Crippen molar-refractivity contribution in [2.75, 3.05) is 7.11 Å². The molecule has 0 radical (unpaired) electrons. The number of benzene rings is 2. The Morgan fingerprint density at radius 1 is 0.966 bits per heavy atom. The minimum absolute atomic E-state index is 0.0210. The molecule has 0 saturated carbocycles. The summed E-state index contributed by atoms with van der Waals surface area (Å²) in [4.78, 5) is 23.7. The fourth-order valence-electron chi connectivity index (χ4n) is 2.74. The van der Waals surface area contributed by atoms with Crippen molar-refractivity contribution >= 4 is 5.97 Å². The highest BCUT2D eigenvalue weighted by Crippen LogP contribution is 2.13. The molecule has 0 N–H and O–H groups in total. The van der Waals surface area contributed by atoms with E-state index in [0.29, 0.717) is 29.8 Å². The summed E-state index contributed by atoms with van der Waals surface area (Å²) in [6.45, 7) is 0.479. The Bertz CT molecular complexity index is 1060. The number of hydrogen-bond donors (Lipinski definition) is 0. The van der Waals surface area contributed by atoms with Crippen LogP contribution in [0.25, 0.3) is 0 Å². The van der Waals surface area contributed by atoms with E-state index in [2.05, 4.69) is 4.74 Å². The molecular formula is C22H19F2NO4. The summed E-state index contributed by atoms with van der Waals surface area (Å²) in [5.41, 5.74) is 1.67. The average molecular weight is 399 g/mol. The summed E-state index contributed by atoms with van der Waals surface area (Å²) in [6.07, 6.45) is 2.22. The second-order valence-electron chi connectivity index (χ2n) is 6.37. The van der Waals surface area contributed by atoms with E-state index in [-0.39, 0.29) is 12.2 Å². The summed E-state index contributed by atoms with van der Waals surface area (Å²) in [5.74, 6) is -1.91. The van der Waals surface area contributed by atoms with Crippen molar-refractivity contribution in [1.29, 1.82) is 0 Å². The smallest absolute Gasteiger partial charge is 0.337 e. The predicted molar refractivity (Wildman–Crippen MR) is 103 cm³/mol. The van der Waals surface area contributed by atoms with Gasteiger partial charge in [0.05, 0.1) is 12.7 Å². The molecule has 0 atom stereocenters. The highest BCUT2D eigenvalue weighted by molar-refractivity contribution is 5.89. The van der Waals surface area contributed by atoms with Crippen LogP contribution in [-0.2, 0) is 24.3 Å². The minimum Gasteiger partial charge on any atom is -0.489 e. The Morgan fingerprint density at radius 2 is 1.69 bits per heavy atom. The molecule has 3 rings (SSSR count). The quantitative estimate of drug-likeness (QED) is 0.568. The molecule has 1 heterocycles. The predicted octanol–water partition coefficient (Wildman–Crippen LogP) is 3.73. The van der Waals surface area contributed by atoms with Crippen LogP contribution in [0.4, 0.5) is 8.78 Å². The van der Waals surface area contributed by atoms with Crippen molar-refractivity contribution in [2.24, 2.45) is 0 Å². The van der Waals surface area contributed by atoms with Crippen molar-refractivity contribution in [2.45, 2.75) is 19.6 Å². The number of rotatable bonds is 7. The maximum absolute atomic E-state index is 13.2. The number of hydrogen-bond acceptors (Lipinski definition) is 4. The third-order valence-electron chi connectivity index (χ3n) is 4.37. The maximum Gasteiger partial charge on any atom is 0.337 e. The Balaban J connectivity index is 1.58. The summed E-state index contributed by atoms with van der Waals surface area (Å²) < 4.78 is 37.9. The van der Waals surface area contributed by atoms with Gasteiger partial charge in [-0.1, -0.05) is 18.2 Å². The van der Waals surface area contributed by atoms with Crippen LogP contribution in [0, 0.1) is 11.6 Å². The molecule has 7 heteroatoms. The van der Waals surface area contributed by atoms with Gasteiger partial charge in [0.15, 0.2) is 11.6 Å². The normalized spacial score (nSPS) is 10.6. The van der Waals surface area contributed by atoms with Gasteiger partial charge in [-0.25, -0.2) is 13.6 Å². The van der Waals surface area contributed by atoms with Gasteiger partial charge in [0.1, 0.15) is 12.4 Å². The monoisotopic (exact) mass is 399 g/mol. The number of carbonyl (C=O) groups excluding carboxylic acids is 1. The van der Waals surface area contributed by atoms with Gasteiger partial charge in [-0.05, 0) is 47.9 Å². The fourth-order valence-corrected chi connectivity index (χ4v) is 2.74. The van der Waals surface area contributed by atoms with Crippen LogP contribution in [0.3, 0.4) is 0 Å². The molecule has 0 fully saturated rings. The lowest BCUT2D eigenvalue weighted by Gasteiger charge is -2.09. The highest BCUT2D eigenvalue weighted by Gasteiger charge is 2.06. The first-order valence-corrected chi connectivity index (χ1v) is 8.91. The van der Waals surface area contributed by atoms with Crippen molar-refractivity contribution in [3.05, 3.63) is 99.5 Å². The zero-order chi connectivity index (χ0) is 20.8. The number of ether oxygens (including phenoxy) is 2. The van der Waals surface area contributed by atoms with Crippen molar-refractivity contribution in [3.8, 4) is 5.75 Å². The number of methoxy groups -OCH3 is 1. The number of nitrogens with zero attached hydrogens (tertiary/aromatic N) is 1. The van der Waals surface area contributed by atoms with E-state index in [0.717, 1.165) is 17.7 Å². The number of esters is 1. The molecule has 0 bridgehead atoms. The Labute approximate surface area is 166 Å². The molecule has 0 aliphatic carbocycles. The Hall–Kier alpha value is -3.48. The molecule has 0 amide bonds. The van der Waals surface area contributed by atoms with Crippen molar-refractivity contribution < 1.29 is 23.0 Å². The topological polar surface area (TPSA) is 57.5 Å². The van der Waals surface area contributed by atoms with Crippen molar-refractivity contribution in [3.63, 3.8) is 0 Å². The molecule has 1 aromatic heterocycles. The lowest BCUT2D eigenvalue weighted by molar-refractivity contribution is 0.0600. The maximum atomic E-state index is 13.2. The van der Waals surface area contributed by atoms with E-state index in [9.17, 15) is 18.4 Å². The van der Waals surface area contributed by atoms with Gasteiger partial charge in [0.25, 0.3) is 5.56 Å². The van der Waals surface area contributed by atoms with E-state index in [4.69, 9.17) is 4.74 Å². The summed E-state index contributed by atoms with van der Waals surface area (Å²) in [7, 11) is 1.33. The number of aryl methyl sites for hydroxylation is 2. The van der Waals surface area contributed by atoms with Gasteiger partial charge in [0.2, 0.25) is 0 Å². The summed E-state index contributed by atoms with van der Waals surface area (Å²) in [6, 6.07) is 13.5. The lowest BCUT2D eigenvalue weighted by Crippen LogP contribution is -2.19. The van der Waals surface area contributed by atoms with Crippen LogP contribution in [0.5, 0.6) is 5.75 Å². The minimum atomic E-state index is -0.943. The molecule has 150 valence electrons. The van der Waals surface area contributed by atoms with Crippen molar-refractivity contribution in [1.82, 2.24) is 4.57 Å². The van der Waals surface area contributed by atoms with E-state index >= 15 is 0 Å². The first kappa shape index (κ1) is 20.3. The molecule has 0 spiro atoms. The largest absolute Gasteiger partial charge is 0.489 e. The van der Waals surface area contributed by atoms with Gasteiger partial charge < -0.3 is 14.0 Å². The first-order chi connectivity index (χ1) is 14.0. The van der Waals surface area contributed by atoms with Crippen LogP contribution < -0.4 is 10.3 Å². The van der Waals surface area contributed by atoms with E-state index in [1.54, 1.807) is 29.0 Å². The van der Waals surface area contributed by atoms with Gasteiger partial charge in [-0.3, -0.25) is 4.79 Å². The Kier molecular flexibility index (Phi) is 6.39. The molecule has 0 aliphatic rings. The van der Waals surface area contributed by atoms with Gasteiger partial charge in [-0.2, -0.15) is 0 Å². The second-order valence-corrected chi connectivity index (χ2v) is 6.37. The third kappa shape index (κ3) is 5.28. The molecular weight excluding hydrogens is 380 g/mol. The molecule has 0 saturated heterocycles. The SMILES string of the molecule is COC(=O)c1ccc(CCn2ccc(OCc3ccc(F)c(F)c3)cc2=O)cc1. The zero-order valence-corrected chi connectivity index (χ0v) is 15.7. The van der Waals surface area contributed by atoms with Gasteiger partial charge >= 0.3 is 5.97 Å². The average Bonchev–Trinajstić information content (AvgIpc) is 2.73. The fraction of sp³-hybridized carbons (Fsp3) is 0.182. The van der Waals surface area contributed by atoms with Crippen LogP contribution >= 0.6 is 0 Å². The van der Waals surface area contributed by atoms with Gasteiger partial charge in [0, 0.05) is 18.8 Å². The number of halogens is 2. The summed E-state index contributed by atoms with van der Waals surface area (Å²) in [5, 5.41) is 0. The number of carbonyl (C=O) groups is 1. The van der Waals surface area contributed by atoms with Crippen LogP contribution in [0.2, 0.25) is 0 Å². The standard InChI is InChI=1S/C22H19F2NO4/c1-28-22(27)17-5-2-15(3-6-17)8-10-25-11-9-18(13-21(25)26)29-14-16-4-7-19(23)20(24)12-16/h2-7,9,11-13H,8,10,14H2,1H3. The van der Waals surface area contributed by atoms with Gasteiger partial charge in [-0.15, -0.1) is 0 Å².